The molecule has 2 rings (SSSR count). The lowest BCUT2D eigenvalue weighted by Gasteiger charge is -2.29. The van der Waals surface area contributed by atoms with Gasteiger partial charge in [-0.15, -0.1) is 0 Å². The van der Waals surface area contributed by atoms with Gasteiger partial charge in [-0.05, 0) is 78.0 Å². The average molecular weight is 554 g/mol. The fourth-order valence-corrected chi connectivity index (χ4v) is 3.99. The fourth-order valence-electron chi connectivity index (χ4n) is 3.04. The molecule has 2 aromatic rings. The van der Waals surface area contributed by atoms with Crippen LogP contribution in [0.4, 0.5) is 0 Å². The Balaban J connectivity index is 2.18. The van der Waals surface area contributed by atoms with Crippen LogP contribution in [0, 0.1) is 0 Å². The van der Waals surface area contributed by atoms with Crippen LogP contribution < -0.4 is 10.1 Å². The molecule has 0 radical (unpaired) electrons. The summed E-state index contributed by atoms with van der Waals surface area (Å²) in [4.78, 5) is 27.3. The van der Waals surface area contributed by atoms with Crippen LogP contribution in [0.25, 0.3) is 0 Å². The van der Waals surface area contributed by atoms with Crippen LogP contribution in [-0.4, -0.2) is 35.4 Å². The first-order chi connectivity index (χ1) is 14.6. The molecule has 0 bridgehead atoms. The maximum absolute atomic E-state index is 13.1. The minimum absolute atomic E-state index is 0.00977. The summed E-state index contributed by atoms with van der Waals surface area (Å²) in [7, 11) is 0. The van der Waals surface area contributed by atoms with Gasteiger partial charge in [0.1, 0.15) is 11.8 Å². The summed E-state index contributed by atoms with van der Waals surface area (Å²) in [6.45, 7) is 9.92. The maximum Gasteiger partial charge on any atom is 0.261 e. The molecule has 0 aliphatic carbocycles. The average Bonchev–Trinajstić information content (AvgIpc) is 2.69. The second-order valence-corrected chi connectivity index (χ2v) is 9.89. The van der Waals surface area contributed by atoms with Gasteiger partial charge in [0.15, 0.2) is 6.61 Å². The number of ether oxygens (including phenoxy) is 1. The van der Waals surface area contributed by atoms with Crippen LogP contribution in [0.5, 0.6) is 5.75 Å². The predicted molar refractivity (Wildman–Crippen MR) is 131 cm³/mol. The van der Waals surface area contributed by atoms with Crippen molar-refractivity contribution in [2.24, 2.45) is 0 Å². The maximum atomic E-state index is 13.1. The van der Waals surface area contributed by atoms with E-state index in [1.165, 1.54) is 5.56 Å². The predicted octanol–water partition coefficient (Wildman–Crippen LogP) is 5.66. The van der Waals surface area contributed by atoms with E-state index in [0.717, 1.165) is 14.5 Å². The zero-order valence-corrected chi connectivity index (χ0v) is 21.8. The first kappa shape index (κ1) is 25.4. The SMILES string of the molecule is CC(C)NC(=O)C(C)N(Cc1cccc(Br)c1)C(=O)COc1ccc(C(C)C)cc1Br. The molecule has 0 aliphatic heterocycles. The molecule has 0 heterocycles. The van der Waals surface area contributed by atoms with Gasteiger partial charge in [0.05, 0.1) is 4.47 Å². The summed E-state index contributed by atoms with van der Waals surface area (Å²) in [5.41, 5.74) is 2.11. The summed E-state index contributed by atoms with van der Waals surface area (Å²) in [5, 5.41) is 2.88. The van der Waals surface area contributed by atoms with E-state index >= 15 is 0 Å². The molecule has 1 unspecified atom stereocenters. The monoisotopic (exact) mass is 552 g/mol. The van der Waals surface area contributed by atoms with E-state index in [4.69, 9.17) is 4.74 Å². The number of halogens is 2. The number of nitrogens with zero attached hydrogens (tertiary/aromatic N) is 1. The molecular formula is C24H30Br2N2O3. The third-order valence-corrected chi connectivity index (χ3v) is 5.93. The van der Waals surface area contributed by atoms with Crippen LogP contribution in [-0.2, 0) is 16.1 Å². The zero-order valence-electron chi connectivity index (χ0n) is 18.6. The van der Waals surface area contributed by atoms with Gasteiger partial charge in [-0.25, -0.2) is 0 Å². The second kappa shape index (κ2) is 11.7. The molecule has 0 spiro atoms. The van der Waals surface area contributed by atoms with Crippen molar-refractivity contribution < 1.29 is 14.3 Å². The summed E-state index contributed by atoms with van der Waals surface area (Å²) < 4.78 is 7.53. The Hall–Kier alpha value is -1.86. The Morgan fingerprint density at radius 3 is 2.32 bits per heavy atom. The highest BCUT2D eigenvalue weighted by atomic mass is 79.9. The zero-order chi connectivity index (χ0) is 23.1. The minimum Gasteiger partial charge on any atom is -0.483 e. The van der Waals surface area contributed by atoms with Crippen molar-refractivity contribution in [2.75, 3.05) is 6.61 Å². The number of rotatable bonds is 9. The van der Waals surface area contributed by atoms with E-state index in [1.54, 1.807) is 11.8 Å². The number of carbonyl (C=O) groups is 2. The molecule has 7 heteroatoms. The lowest BCUT2D eigenvalue weighted by Crippen LogP contribution is -2.50. The second-order valence-electron chi connectivity index (χ2n) is 8.12. The Kier molecular flexibility index (Phi) is 9.56. The summed E-state index contributed by atoms with van der Waals surface area (Å²) >= 11 is 6.98. The molecule has 1 atom stereocenters. The van der Waals surface area contributed by atoms with Gasteiger partial charge in [-0.3, -0.25) is 9.59 Å². The Labute approximate surface area is 201 Å². The molecule has 2 amide bonds. The largest absolute Gasteiger partial charge is 0.483 e. The Bertz CT molecular complexity index is 915. The van der Waals surface area contributed by atoms with Gasteiger partial charge in [-0.1, -0.05) is 48.0 Å². The lowest BCUT2D eigenvalue weighted by atomic mass is 10.0. The van der Waals surface area contributed by atoms with Gasteiger partial charge in [-0.2, -0.15) is 0 Å². The third kappa shape index (κ3) is 7.65. The molecule has 0 aromatic heterocycles. The fraction of sp³-hybridized carbons (Fsp3) is 0.417. The Morgan fingerprint density at radius 2 is 1.74 bits per heavy atom. The minimum atomic E-state index is -0.635. The molecule has 0 saturated heterocycles. The highest BCUT2D eigenvalue weighted by molar-refractivity contribution is 9.10. The van der Waals surface area contributed by atoms with Crippen molar-refractivity contribution in [1.29, 1.82) is 0 Å². The summed E-state index contributed by atoms with van der Waals surface area (Å²) in [5.74, 6) is 0.541. The first-order valence-electron chi connectivity index (χ1n) is 10.3. The van der Waals surface area contributed by atoms with Gasteiger partial charge in [0, 0.05) is 17.1 Å². The molecule has 31 heavy (non-hydrogen) atoms. The lowest BCUT2D eigenvalue weighted by molar-refractivity contribution is -0.142. The van der Waals surface area contributed by atoms with Crippen molar-refractivity contribution in [3.8, 4) is 5.75 Å². The van der Waals surface area contributed by atoms with Crippen LogP contribution >= 0.6 is 31.9 Å². The van der Waals surface area contributed by atoms with Crippen molar-refractivity contribution in [3.05, 3.63) is 62.5 Å². The van der Waals surface area contributed by atoms with E-state index in [0.29, 0.717) is 18.2 Å². The molecule has 0 fully saturated rings. The number of amides is 2. The van der Waals surface area contributed by atoms with Gasteiger partial charge in [0.2, 0.25) is 5.91 Å². The normalized spacial score (nSPS) is 12.0. The number of hydrogen-bond acceptors (Lipinski definition) is 3. The highest BCUT2D eigenvalue weighted by Gasteiger charge is 2.27. The molecule has 0 aliphatic rings. The van der Waals surface area contributed by atoms with Crippen LogP contribution in [0.3, 0.4) is 0 Å². The van der Waals surface area contributed by atoms with Crippen molar-refractivity contribution in [1.82, 2.24) is 10.2 Å². The van der Waals surface area contributed by atoms with Crippen LogP contribution in [0.2, 0.25) is 0 Å². The molecule has 1 N–H and O–H groups in total. The highest BCUT2D eigenvalue weighted by Crippen LogP contribution is 2.29. The van der Waals surface area contributed by atoms with Gasteiger partial charge < -0.3 is 15.0 Å². The molecular weight excluding hydrogens is 524 g/mol. The molecule has 5 nitrogen and oxygen atoms in total. The standard InChI is InChI=1S/C24H30Br2N2O3/c1-15(2)19-9-10-22(21(26)12-19)31-14-23(29)28(17(5)24(30)27-16(3)4)13-18-7-6-8-20(25)11-18/h6-12,15-17H,13-14H2,1-5H3,(H,27,30). The van der Waals surface area contributed by atoms with Crippen LogP contribution in [0.1, 0.15) is 51.7 Å². The van der Waals surface area contributed by atoms with Crippen molar-refractivity contribution >= 4 is 43.7 Å². The third-order valence-electron chi connectivity index (χ3n) is 4.81. The van der Waals surface area contributed by atoms with Crippen molar-refractivity contribution in [2.45, 2.75) is 59.2 Å². The van der Waals surface area contributed by atoms with Crippen molar-refractivity contribution in [3.63, 3.8) is 0 Å². The van der Waals surface area contributed by atoms with Crippen LogP contribution in [0.15, 0.2) is 51.4 Å². The smallest absolute Gasteiger partial charge is 0.261 e. The van der Waals surface area contributed by atoms with E-state index in [1.807, 2.05) is 56.3 Å². The van der Waals surface area contributed by atoms with E-state index in [-0.39, 0.29) is 24.5 Å². The summed E-state index contributed by atoms with van der Waals surface area (Å²) in [6.07, 6.45) is 0. The number of carbonyl (C=O) groups excluding carboxylic acids is 2. The quantitative estimate of drug-likeness (QED) is 0.436. The topological polar surface area (TPSA) is 58.6 Å². The number of hydrogen-bond donors (Lipinski definition) is 1. The molecule has 2 aromatic carbocycles. The Morgan fingerprint density at radius 1 is 1.03 bits per heavy atom. The van der Waals surface area contributed by atoms with E-state index in [2.05, 4.69) is 51.0 Å². The summed E-state index contributed by atoms with van der Waals surface area (Å²) in [6, 6.07) is 12.9. The van der Waals surface area contributed by atoms with Gasteiger partial charge in [0.25, 0.3) is 5.91 Å². The van der Waals surface area contributed by atoms with Gasteiger partial charge >= 0.3 is 0 Å². The number of nitrogens with one attached hydrogen (secondary N) is 1. The number of benzene rings is 2. The van der Waals surface area contributed by atoms with E-state index in [9.17, 15) is 9.59 Å². The first-order valence-corrected chi connectivity index (χ1v) is 11.9. The molecule has 168 valence electrons. The molecule has 0 saturated carbocycles. The van der Waals surface area contributed by atoms with E-state index < -0.39 is 6.04 Å².